The molecule has 1 aliphatic carbocycles. The van der Waals surface area contributed by atoms with E-state index < -0.39 is 10.0 Å². The zero-order chi connectivity index (χ0) is 14.2. The molecule has 0 bridgehead atoms. The van der Waals surface area contributed by atoms with Gasteiger partial charge >= 0.3 is 0 Å². The van der Waals surface area contributed by atoms with Crippen LogP contribution in [0.15, 0.2) is 34.9 Å². The standard InChI is InChI=1S/C13H13ClN2O3S/c14-10-3-1-2-9(6-10)13-7-11(16-19-13)8-15-20(17,18)12-4-5-12/h1-3,6-7,12,15H,4-5,8H2. The molecule has 106 valence electrons. The van der Waals surface area contributed by atoms with Crippen LogP contribution in [0.2, 0.25) is 5.02 Å². The van der Waals surface area contributed by atoms with Crippen LogP contribution in [0.4, 0.5) is 0 Å². The van der Waals surface area contributed by atoms with Gasteiger partial charge in [0.15, 0.2) is 5.76 Å². The predicted octanol–water partition coefficient (Wildman–Crippen LogP) is 2.58. The van der Waals surface area contributed by atoms with E-state index in [1.807, 2.05) is 12.1 Å². The number of halogens is 1. The molecule has 0 spiro atoms. The second-order valence-corrected chi connectivity index (χ2v) is 7.24. The van der Waals surface area contributed by atoms with Gasteiger partial charge in [-0.3, -0.25) is 0 Å². The second kappa shape index (κ2) is 5.20. The molecule has 2 aromatic rings. The lowest BCUT2D eigenvalue weighted by Crippen LogP contribution is -2.26. The summed E-state index contributed by atoms with van der Waals surface area (Å²) in [4.78, 5) is 0. The summed E-state index contributed by atoms with van der Waals surface area (Å²) in [6, 6.07) is 8.91. The number of aromatic nitrogens is 1. The summed E-state index contributed by atoms with van der Waals surface area (Å²) in [5.41, 5.74) is 1.35. The minimum absolute atomic E-state index is 0.142. The van der Waals surface area contributed by atoms with Crippen molar-refractivity contribution in [3.8, 4) is 11.3 Å². The highest BCUT2D eigenvalue weighted by molar-refractivity contribution is 7.90. The van der Waals surface area contributed by atoms with Crippen LogP contribution in [0.3, 0.4) is 0 Å². The molecule has 1 heterocycles. The molecule has 0 atom stereocenters. The van der Waals surface area contributed by atoms with E-state index in [0.29, 0.717) is 16.5 Å². The topological polar surface area (TPSA) is 72.2 Å². The van der Waals surface area contributed by atoms with E-state index in [0.717, 1.165) is 18.4 Å². The lowest BCUT2D eigenvalue weighted by Gasteiger charge is -2.01. The zero-order valence-corrected chi connectivity index (χ0v) is 12.1. The number of rotatable bonds is 5. The first-order chi connectivity index (χ1) is 9.54. The van der Waals surface area contributed by atoms with Crippen molar-refractivity contribution in [2.24, 2.45) is 0 Å². The SMILES string of the molecule is O=S(=O)(NCc1cc(-c2cccc(Cl)c2)on1)C1CC1. The molecule has 0 aliphatic heterocycles. The summed E-state index contributed by atoms with van der Waals surface area (Å²) >= 11 is 5.91. The zero-order valence-electron chi connectivity index (χ0n) is 10.5. The average Bonchev–Trinajstić information content (AvgIpc) is 3.17. The third-order valence-electron chi connectivity index (χ3n) is 3.09. The Morgan fingerprint density at radius 1 is 1.35 bits per heavy atom. The van der Waals surface area contributed by atoms with Crippen LogP contribution in [-0.4, -0.2) is 18.8 Å². The second-order valence-electron chi connectivity index (χ2n) is 4.76. The maximum atomic E-state index is 11.7. The van der Waals surface area contributed by atoms with Crippen molar-refractivity contribution in [3.63, 3.8) is 0 Å². The van der Waals surface area contributed by atoms with Crippen LogP contribution in [0.5, 0.6) is 0 Å². The minimum Gasteiger partial charge on any atom is -0.356 e. The fourth-order valence-electron chi connectivity index (χ4n) is 1.84. The van der Waals surface area contributed by atoms with Gasteiger partial charge in [-0.05, 0) is 25.0 Å². The summed E-state index contributed by atoms with van der Waals surface area (Å²) in [5.74, 6) is 0.563. The van der Waals surface area contributed by atoms with Crippen LogP contribution < -0.4 is 4.72 Å². The Hall–Kier alpha value is -1.37. The maximum absolute atomic E-state index is 11.7. The van der Waals surface area contributed by atoms with Crippen LogP contribution in [0, 0.1) is 0 Å². The van der Waals surface area contributed by atoms with Crippen LogP contribution in [0.1, 0.15) is 18.5 Å². The Balaban J connectivity index is 1.71. The van der Waals surface area contributed by atoms with Gasteiger partial charge in [-0.2, -0.15) is 0 Å². The number of nitrogens with one attached hydrogen (secondary N) is 1. The number of benzene rings is 1. The van der Waals surface area contributed by atoms with E-state index in [2.05, 4.69) is 9.88 Å². The van der Waals surface area contributed by atoms with Gasteiger partial charge in [-0.25, -0.2) is 13.1 Å². The van der Waals surface area contributed by atoms with Crippen molar-refractivity contribution in [2.75, 3.05) is 0 Å². The number of hydrogen-bond donors (Lipinski definition) is 1. The van der Waals surface area contributed by atoms with Crippen molar-refractivity contribution >= 4 is 21.6 Å². The van der Waals surface area contributed by atoms with Crippen molar-refractivity contribution in [1.29, 1.82) is 0 Å². The lowest BCUT2D eigenvalue weighted by molar-refractivity contribution is 0.422. The number of hydrogen-bond acceptors (Lipinski definition) is 4. The Kier molecular flexibility index (Phi) is 3.54. The molecule has 7 heteroatoms. The van der Waals surface area contributed by atoms with Gasteiger partial charge in [0.05, 0.1) is 17.5 Å². The average molecular weight is 313 g/mol. The van der Waals surface area contributed by atoms with Crippen molar-refractivity contribution in [1.82, 2.24) is 9.88 Å². The van der Waals surface area contributed by atoms with Gasteiger partial charge in [0.1, 0.15) is 0 Å². The van der Waals surface area contributed by atoms with Gasteiger partial charge in [-0.1, -0.05) is 28.9 Å². The summed E-state index contributed by atoms with van der Waals surface area (Å²) in [6.07, 6.45) is 1.48. The maximum Gasteiger partial charge on any atom is 0.214 e. The van der Waals surface area contributed by atoms with Crippen molar-refractivity contribution < 1.29 is 12.9 Å². The smallest absolute Gasteiger partial charge is 0.214 e. The van der Waals surface area contributed by atoms with Gasteiger partial charge < -0.3 is 4.52 Å². The predicted molar refractivity (Wildman–Crippen MR) is 75.7 cm³/mol. The number of nitrogens with zero attached hydrogens (tertiary/aromatic N) is 1. The van der Waals surface area contributed by atoms with Gasteiger partial charge in [0.25, 0.3) is 0 Å². The van der Waals surface area contributed by atoms with E-state index in [1.165, 1.54) is 0 Å². The van der Waals surface area contributed by atoms with E-state index >= 15 is 0 Å². The molecule has 5 nitrogen and oxygen atoms in total. The molecule has 3 rings (SSSR count). The highest BCUT2D eigenvalue weighted by Crippen LogP contribution is 2.28. The molecule has 1 aromatic carbocycles. The normalized spacial score (nSPS) is 15.4. The summed E-state index contributed by atoms with van der Waals surface area (Å²) in [6.45, 7) is 0.142. The fourth-order valence-corrected chi connectivity index (χ4v) is 3.38. The molecule has 0 amide bonds. The Morgan fingerprint density at radius 3 is 2.85 bits per heavy atom. The third kappa shape index (κ3) is 3.03. The molecule has 0 unspecified atom stereocenters. The first-order valence-electron chi connectivity index (χ1n) is 6.24. The van der Waals surface area contributed by atoms with E-state index in [4.69, 9.17) is 16.1 Å². The van der Waals surface area contributed by atoms with Crippen LogP contribution >= 0.6 is 11.6 Å². The van der Waals surface area contributed by atoms with E-state index in [-0.39, 0.29) is 11.8 Å². The molecule has 1 aromatic heterocycles. The van der Waals surface area contributed by atoms with Gasteiger partial charge in [-0.15, -0.1) is 0 Å². The van der Waals surface area contributed by atoms with Crippen molar-refractivity contribution in [3.05, 3.63) is 41.0 Å². The lowest BCUT2D eigenvalue weighted by atomic mass is 10.1. The molecule has 1 aliphatic rings. The Morgan fingerprint density at radius 2 is 2.15 bits per heavy atom. The summed E-state index contributed by atoms with van der Waals surface area (Å²) in [7, 11) is -3.20. The molecule has 0 radical (unpaired) electrons. The summed E-state index contributed by atoms with van der Waals surface area (Å²) < 4.78 is 31.1. The van der Waals surface area contributed by atoms with Crippen LogP contribution in [-0.2, 0) is 16.6 Å². The minimum atomic E-state index is -3.20. The van der Waals surface area contributed by atoms with E-state index in [9.17, 15) is 8.42 Å². The molecular weight excluding hydrogens is 300 g/mol. The van der Waals surface area contributed by atoms with E-state index in [1.54, 1.807) is 18.2 Å². The largest absolute Gasteiger partial charge is 0.356 e. The molecule has 20 heavy (non-hydrogen) atoms. The summed E-state index contributed by atoms with van der Waals surface area (Å²) in [5, 5.41) is 4.23. The first-order valence-corrected chi connectivity index (χ1v) is 8.17. The molecule has 1 N–H and O–H groups in total. The fraction of sp³-hybridized carbons (Fsp3) is 0.308. The molecule has 1 fully saturated rings. The molecular formula is C13H13ClN2O3S. The highest BCUT2D eigenvalue weighted by atomic mass is 35.5. The third-order valence-corrected chi connectivity index (χ3v) is 5.22. The quantitative estimate of drug-likeness (QED) is 0.921. The Labute approximate surface area is 122 Å². The molecule has 1 saturated carbocycles. The number of sulfonamides is 1. The highest BCUT2D eigenvalue weighted by Gasteiger charge is 2.35. The van der Waals surface area contributed by atoms with Crippen molar-refractivity contribution in [2.45, 2.75) is 24.6 Å². The Bertz CT molecular complexity index is 723. The first kappa shape index (κ1) is 13.6. The van der Waals surface area contributed by atoms with Gasteiger partial charge in [0, 0.05) is 16.7 Å². The van der Waals surface area contributed by atoms with Crippen LogP contribution in [0.25, 0.3) is 11.3 Å². The molecule has 0 saturated heterocycles. The monoisotopic (exact) mass is 312 g/mol. The van der Waals surface area contributed by atoms with Gasteiger partial charge in [0.2, 0.25) is 10.0 Å².